The minimum Gasteiger partial charge on any atom is -0.383 e. The zero-order valence-electron chi connectivity index (χ0n) is 19.0. The van der Waals surface area contributed by atoms with Gasteiger partial charge >= 0.3 is 0 Å². The fourth-order valence-corrected chi connectivity index (χ4v) is 4.17. The van der Waals surface area contributed by atoms with E-state index in [1.54, 1.807) is 48.4 Å². The standard InChI is InChI=1S/C25H30ClN3O4/c1-17-5-3-4-6-21(17)23(30)28-22(24(31)27-13-16-33-2)18-11-14-29(15-12-18)25(32)19-7-9-20(26)10-8-19/h3-10,18,22H,11-16H2,1-2H3,(H,27,31)(H,28,30)/t22-/m0/s1. The van der Waals surface area contributed by atoms with Gasteiger partial charge in [-0.3, -0.25) is 14.4 Å². The summed E-state index contributed by atoms with van der Waals surface area (Å²) in [5.41, 5.74) is 1.97. The lowest BCUT2D eigenvalue weighted by Crippen LogP contribution is -2.54. The molecule has 1 aliphatic rings. The van der Waals surface area contributed by atoms with Gasteiger partial charge in [0.05, 0.1) is 6.61 Å². The van der Waals surface area contributed by atoms with E-state index in [0.717, 1.165) is 5.56 Å². The third kappa shape index (κ3) is 6.55. The molecule has 1 heterocycles. The highest BCUT2D eigenvalue weighted by atomic mass is 35.5. The fraction of sp³-hybridized carbons (Fsp3) is 0.400. The van der Waals surface area contributed by atoms with Gasteiger partial charge in [-0.1, -0.05) is 29.8 Å². The maximum absolute atomic E-state index is 13.0. The summed E-state index contributed by atoms with van der Waals surface area (Å²) in [6, 6.07) is 13.4. The number of nitrogens with zero attached hydrogens (tertiary/aromatic N) is 1. The summed E-state index contributed by atoms with van der Waals surface area (Å²) < 4.78 is 5.02. The Balaban J connectivity index is 1.68. The van der Waals surface area contributed by atoms with Crippen molar-refractivity contribution < 1.29 is 19.1 Å². The number of hydrogen-bond acceptors (Lipinski definition) is 4. The lowest BCUT2D eigenvalue weighted by atomic mass is 9.88. The molecule has 0 spiro atoms. The molecule has 0 aliphatic carbocycles. The van der Waals surface area contributed by atoms with E-state index in [1.807, 2.05) is 19.1 Å². The predicted molar refractivity (Wildman–Crippen MR) is 127 cm³/mol. The smallest absolute Gasteiger partial charge is 0.253 e. The summed E-state index contributed by atoms with van der Waals surface area (Å²) in [6.07, 6.45) is 1.21. The Kier molecular flexibility index (Phi) is 8.86. The summed E-state index contributed by atoms with van der Waals surface area (Å²) in [7, 11) is 1.57. The third-order valence-corrected chi connectivity index (χ3v) is 6.21. The van der Waals surface area contributed by atoms with E-state index in [2.05, 4.69) is 10.6 Å². The minimum atomic E-state index is -0.693. The van der Waals surface area contributed by atoms with Crippen molar-refractivity contribution in [3.05, 3.63) is 70.2 Å². The number of methoxy groups -OCH3 is 1. The number of ether oxygens (including phenoxy) is 1. The molecular formula is C25H30ClN3O4. The van der Waals surface area contributed by atoms with Crippen LogP contribution < -0.4 is 10.6 Å². The number of carbonyl (C=O) groups excluding carboxylic acids is 3. The van der Waals surface area contributed by atoms with E-state index >= 15 is 0 Å². The first-order chi connectivity index (χ1) is 15.9. The maximum atomic E-state index is 13.0. The highest BCUT2D eigenvalue weighted by Crippen LogP contribution is 2.23. The van der Waals surface area contributed by atoms with Crippen molar-refractivity contribution in [1.82, 2.24) is 15.5 Å². The molecule has 2 aromatic carbocycles. The first-order valence-electron chi connectivity index (χ1n) is 11.1. The first-order valence-corrected chi connectivity index (χ1v) is 11.5. The summed E-state index contributed by atoms with van der Waals surface area (Å²) in [6.45, 7) is 3.63. The Hall–Kier alpha value is -2.90. The SMILES string of the molecule is COCCNC(=O)[C@@H](NC(=O)c1ccccc1C)C1CCN(C(=O)c2ccc(Cl)cc2)CC1. The summed E-state index contributed by atoms with van der Waals surface area (Å²) >= 11 is 5.92. The second-order valence-corrected chi connectivity index (χ2v) is 8.62. The van der Waals surface area contributed by atoms with Crippen LogP contribution in [0.4, 0.5) is 0 Å². The molecule has 3 rings (SSSR count). The average Bonchev–Trinajstić information content (AvgIpc) is 2.83. The number of carbonyl (C=O) groups is 3. The molecule has 3 amide bonds. The van der Waals surface area contributed by atoms with E-state index in [9.17, 15) is 14.4 Å². The molecule has 176 valence electrons. The van der Waals surface area contributed by atoms with E-state index in [0.29, 0.717) is 55.2 Å². The number of rotatable bonds is 8. The van der Waals surface area contributed by atoms with Gasteiger partial charge in [-0.05, 0) is 61.6 Å². The molecule has 0 radical (unpaired) electrons. The van der Waals surface area contributed by atoms with Gasteiger partial charge in [0.15, 0.2) is 0 Å². The summed E-state index contributed by atoms with van der Waals surface area (Å²) in [5, 5.41) is 6.37. The monoisotopic (exact) mass is 471 g/mol. The number of amides is 3. The Morgan fingerprint density at radius 1 is 1.09 bits per heavy atom. The number of halogens is 1. The molecule has 1 atom stereocenters. The Bertz CT molecular complexity index is 972. The van der Waals surface area contributed by atoms with E-state index in [-0.39, 0.29) is 23.6 Å². The van der Waals surface area contributed by atoms with Gasteiger partial charge in [-0.15, -0.1) is 0 Å². The van der Waals surface area contributed by atoms with Crippen LogP contribution in [0, 0.1) is 12.8 Å². The van der Waals surface area contributed by atoms with Crippen LogP contribution in [0.5, 0.6) is 0 Å². The van der Waals surface area contributed by atoms with E-state index in [1.165, 1.54) is 0 Å². The highest BCUT2D eigenvalue weighted by Gasteiger charge is 2.34. The average molecular weight is 472 g/mol. The largest absolute Gasteiger partial charge is 0.383 e. The van der Waals surface area contributed by atoms with Crippen LogP contribution in [0.3, 0.4) is 0 Å². The highest BCUT2D eigenvalue weighted by molar-refractivity contribution is 6.30. The van der Waals surface area contributed by atoms with Crippen LogP contribution in [0.1, 0.15) is 39.1 Å². The molecule has 1 fully saturated rings. The van der Waals surface area contributed by atoms with E-state index < -0.39 is 6.04 Å². The van der Waals surface area contributed by atoms with Gasteiger partial charge in [-0.2, -0.15) is 0 Å². The van der Waals surface area contributed by atoms with Crippen LogP contribution >= 0.6 is 11.6 Å². The van der Waals surface area contributed by atoms with Gasteiger partial charge in [-0.25, -0.2) is 0 Å². The lowest BCUT2D eigenvalue weighted by molar-refractivity contribution is -0.124. The van der Waals surface area contributed by atoms with Crippen molar-refractivity contribution in [1.29, 1.82) is 0 Å². The Morgan fingerprint density at radius 2 is 1.76 bits per heavy atom. The van der Waals surface area contributed by atoms with Crippen LogP contribution in [-0.4, -0.2) is 62.0 Å². The minimum absolute atomic E-state index is 0.0600. The summed E-state index contributed by atoms with van der Waals surface area (Å²) in [5.74, 6) is -0.666. The number of nitrogens with one attached hydrogen (secondary N) is 2. The van der Waals surface area contributed by atoms with Gasteiger partial charge in [0, 0.05) is 42.9 Å². The molecule has 2 N–H and O–H groups in total. The normalized spacial score (nSPS) is 15.1. The molecule has 8 heteroatoms. The lowest BCUT2D eigenvalue weighted by Gasteiger charge is -2.36. The number of likely N-dealkylation sites (tertiary alicyclic amines) is 1. The Morgan fingerprint density at radius 3 is 2.39 bits per heavy atom. The molecule has 0 bridgehead atoms. The molecule has 33 heavy (non-hydrogen) atoms. The zero-order chi connectivity index (χ0) is 23.8. The predicted octanol–water partition coefficient (Wildman–Crippen LogP) is 3.06. The van der Waals surface area contributed by atoms with Crippen molar-refractivity contribution in [3.8, 4) is 0 Å². The molecule has 0 aromatic heterocycles. The quantitative estimate of drug-likeness (QED) is 0.579. The van der Waals surface area contributed by atoms with Gasteiger partial charge in [0.1, 0.15) is 6.04 Å². The number of aryl methyl sites for hydroxylation is 1. The van der Waals surface area contributed by atoms with Crippen molar-refractivity contribution >= 4 is 29.3 Å². The van der Waals surface area contributed by atoms with Gasteiger partial charge in [0.25, 0.3) is 11.8 Å². The van der Waals surface area contributed by atoms with Gasteiger partial charge < -0.3 is 20.3 Å². The van der Waals surface area contributed by atoms with Crippen LogP contribution in [0.25, 0.3) is 0 Å². The first kappa shape index (κ1) is 24.7. The van der Waals surface area contributed by atoms with E-state index in [4.69, 9.17) is 16.3 Å². The molecule has 0 unspecified atom stereocenters. The van der Waals surface area contributed by atoms with Crippen molar-refractivity contribution in [2.24, 2.45) is 5.92 Å². The molecular weight excluding hydrogens is 442 g/mol. The second kappa shape index (κ2) is 11.8. The van der Waals surface area contributed by atoms with Crippen LogP contribution in [0.15, 0.2) is 48.5 Å². The molecule has 7 nitrogen and oxygen atoms in total. The van der Waals surface area contributed by atoms with Gasteiger partial charge in [0.2, 0.25) is 5.91 Å². The van der Waals surface area contributed by atoms with Crippen LogP contribution in [-0.2, 0) is 9.53 Å². The van der Waals surface area contributed by atoms with Crippen LogP contribution in [0.2, 0.25) is 5.02 Å². The fourth-order valence-electron chi connectivity index (χ4n) is 4.04. The molecule has 1 saturated heterocycles. The number of piperidine rings is 1. The Labute approximate surface area is 199 Å². The van der Waals surface area contributed by atoms with Crippen molar-refractivity contribution in [2.75, 3.05) is 33.4 Å². The van der Waals surface area contributed by atoms with Crippen molar-refractivity contribution in [3.63, 3.8) is 0 Å². The third-order valence-electron chi connectivity index (χ3n) is 5.95. The number of benzene rings is 2. The molecule has 1 aliphatic heterocycles. The zero-order valence-corrected chi connectivity index (χ0v) is 19.7. The topological polar surface area (TPSA) is 87.7 Å². The second-order valence-electron chi connectivity index (χ2n) is 8.19. The van der Waals surface area contributed by atoms with Crippen molar-refractivity contribution in [2.45, 2.75) is 25.8 Å². The number of hydrogen-bond donors (Lipinski definition) is 2. The maximum Gasteiger partial charge on any atom is 0.253 e. The molecule has 2 aromatic rings. The molecule has 0 saturated carbocycles. The summed E-state index contributed by atoms with van der Waals surface area (Å²) in [4.78, 5) is 40.5.